The predicted octanol–water partition coefficient (Wildman–Crippen LogP) is 1.29. The summed E-state index contributed by atoms with van der Waals surface area (Å²) in [6, 6.07) is 7.87. The maximum absolute atomic E-state index is 8.77. The third kappa shape index (κ3) is 3.96. The molecule has 108 valence electrons. The van der Waals surface area contributed by atoms with Gasteiger partial charge in [-0.25, -0.2) is 0 Å². The SMILES string of the molecule is CN(C)c1cccc(OCCc2nnc(CCO)o2)c1. The molecule has 1 N–H and O–H groups in total. The van der Waals surface area contributed by atoms with Gasteiger partial charge in [0.2, 0.25) is 11.8 Å². The van der Waals surface area contributed by atoms with E-state index in [4.69, 9.17) is 14.3 Å². The van der Waals surface area contributed by atoms with Crippen LogP contribution in [0.3, 0.4) is 0 Å². The summed E-state index contributed by atoms with van der Waals surface area (Å²) in [5.74, 6) is 1.79. The van der Waals surface area contributed by atoms with Crippen LogP contribution in [0.1, 0.15) is 11.8 Å². The van der Waals surface area contributed by atoms with E-state index in [0.717, 1.165) is 11.4 Å². The fourth-order valence-corrected chi connectivity index (χ4v) is 1.69. The molecule has 1 heterocycles. The van der Waals surface area contributed by atoms with Gasteiger partial charge >= 0.3 is 0 Å². The molecular weight excluding hydrogens is 258 g/mol. The summed E-state index contributed by atoms with van der Waals surface area (Å²) in [5.41, 5.74) is 1.09. The van der Waals surface area contributed by atoms with Crippen molar-refractivity contribution in [1.82, 2.24) is 10.2 Å². The summed E-state index contributed by atoms with van der Waals surface area (Å²) < 4.78 is 11.0. The zero-order valence-corrected chi connectivity index (χ0v) is 11.7. The first-order valence-electron chi connectivity index (χ1n) is 6.51. The average Bonchev–Trinajstić information content (AvgIpc) is 2.87. The molecule has 6 heteroatoms. The second kappa shape index (κ2) is 6.91. The molecule has 2 rings (SSSR count). The van der Waals surface area contributed by atoms with E-state index >= 15 is 0 Å². The van der Waals surface area contributed by atoms with Gasteiger partial charge in [0.25, 0.3) is 0 Å². The number of aliphatic hydroxyl groups excluding tert-OH is 1. The van der Waals surface area contributed by atoms with E-state index < -0.39 is 0 Å². The zero-order chi connectivity index (χ0) is 14.4. The molecule has 2 aromatic rings. The van der Waals surface area contributed by atoms with E-state index in [-0.39, 0.29) is 6.61 Å². The second-order valence-corrected chi connectivity index (χ2v) is 4.55. The molecule has 0 amide bonds. The highest BCUT2D eigenvalue weighted by Crippen LogP contribution is 2.19. The van der Waals surface area contributed by atoms with Crippen LogP contribution in [0, 0.1) is 0 Å². The first-order chi connectivity index (χ1) is 9.69. The molecule has 0 bridgehead atoms. The number of anilines is 1. The molecule has 0 saturated heterocycles. The van der Waals surface area contributed by atoms with Gasteiger partial charge in [-0.1, -0.05) is 6.07 Å². The third-order valence-electron chi connectivity index (χ3n) is 2.75. The van der Waals surface area contributed by atoms with Crippen molar-refractivity contribution in [2.24, 2.45) is 0 Å². The van der Waals surface area contributed by atoms with E-state index in [1.807, 2.05) is 43.3 Å². The number of hydrogen-bond acceptors (Lipinski definition) is 6. The summed E-state index contributed by atoms with van der Waals surface area (Å²) in [6.45, 7) is 0.479. The van der Waals surface area contributed by atoms with Gasteiger partial charge < -0.3 is 19.2 Å². The molecule has 0 spiro atoms. The van der Waals surface area contributed by atoms with Crippen molar-refractivity contribution in [3.05, 3.63) is 36.0 Å². The molecule has 20 heavy (non-hydrogen) atoms. The number of nitrogens with zero attached hydrogens (tertiary/aromatic N) is 3. The van der Waals surface area contributed by atoms with Crippen molar-refractivity contribution in [3.63, 3.8) is 0 Å². The van der Waals surface area contributed by atoms with Crippen LogP contribution in [0.5, 0.6) is 5.75 Å². The molecule has 0 aliphatic rings. The Labute approximate surface area is 118 Å². The van der Waals surface area contributed by atoms with Crippen molar-refractivity contribution in [3.8, 4) is 5.75 Å². The summed E-state index contributed by atoms with van der Waals surface area (Å²) in [4.78, 5) is 2.02. The van der Waals surface area contributed by atoms with E-state index in [2.05, 4.69) is 10.2 Å². The van der Waals surface area contributed by atoms with Crippen LogP contribution < -0.4 is 9.64 Å². The van der Waals surface area contributed by atoms with Crippen LogP contribution >= 0.6 is 0 Å². The zero-order valence-electron chi connectivity index (χ0n) is 11.7. The van der Waals surface area contributed by atoms with Gasteiger partial charge in [-0.05, 0) is 12.1 Å². The minimum atomic E-state index is 0.00939. The van der Waals surface area contributed by atoms with Crippen LogP contribution in [-0.2, 0) is 12.8 Å². The molecule has 0 radical (unpaired) electrons. The van der Waals surface area contributed by atoms with Gasteiger partial charge in [0.1, 0.15) is 5.75 Å². The van der Waals surface area contributed by atoms with Crippen LogP contribution in [0.25, 0.3) is 0 Å². The molecule has 6 nitrogen and oxygen atoms in total. The Bertz CT molecular complexity index is 540. The highest BCUT2D eigenvalue weighted by atomic mass is 16.5. The maximum atomic E-state index is 8.77. The lowest BCUT2D eigenvalue weighted by Gasteiger charge is -2.13. The van der Waals surface area contributed by atoms with Crippen molar-refractivity contribution in [1.29, 1.82) is 0 Å². The Kier molecular flexibility index (Phi) is 4.95. The topological polar surface area (TPSA) is 71.6 Å². The van der Waals surface area contributed by atoms with Gasteiger partial charge in [0.15, 0.2) is 0 Å². The van der Waals surface area contributed by atoms with Crippen molar-refractivity contribution in [2.45, 2.75) is 12.8 Å². The Morgan fingerprint density at radius 2 is 1.95 bits per heavy atom. The van der Waals surface area contributed by atoms with E-state index in [0.29, 0.717) is 31.2 Å². The fourth-order valence-electron chi connectivity index (χ4n) is 1.69. The number of aromatic nitrogens is 2. The predicted molar refractivity (Wildman–Crippen MR) is 75.1 cm³/mol. The molecule has 0 atom stereocenters. The minimum absolute atomic E-state index is 0.00939. The van der Waals surface area contributed by atoms with Crippen molar-refractivity contribution < 1.29 is 14.3 Å². The fraction of sp³-hybridized carbons (Fsp3) is 0.429. The minimum Gasteiger partial charge on any atom is -0.493 e. The lowest BCUT2D eigenvalue weighted by atomic mass is 10.3. The molecule has 0 fully saturated rings. The Morgan fingerprint density at radius 3 is 2.65 bits per heavy atom. The van der Waals surface area contributed by atoms with E-state index in [1.165, 1.54) is 0 Å². The third-order valence-corrected chi connectivity index (χ3v) is 2.75. The largest absolute Gasteiger partial charge is 0.493 e. The number of aliphatic hydroxyl groups is 1. The summed E-state index contributed by atoms with van der Waals surface area (Å²) in [7, 11) is 3.97. The van der Waals surface area contributed by atoms with Crippen LogP contribution in [0.2, 0.25) is 0 Å². The highest BCUT2D eigenvalue weighted by Gasteiger charge is 2.06. The molecule has 0 unspecified atom stereocenters. The molecule has 0 saturated carbocycles. The van der Waals surface area contributed by atoms with E-state index in [1.54, 1.807) is 0 Å². The molecule has 1 aromatic heterocycles. The molecular formula is C14H19N3O3. The summed E-state index contributed by atoms with van der Waals surface area (Å²) in [5, 5.41) is 16.5. The van der Waals surface area contributed by atoms with Crippen molar-refractivity contribution in [2.75, 3.05) is 32.2 Å². The van der Waals surface area contributed by atoms with Crippen molar-refractivity contribution >= 4 is 5.69 Å². The van der Waals surface area contributed by atoms with Gasteiger partial charge in [0.05, 0.1) is 19.6 Å². The number of rotatable bonds is 7. The smallest absolute Gasteiger partial charge is 0.219 e. The highest BCUT2D eigenvalue weighted by molar-refractivity contribution is 5.49. The first kappa shape index (κ1) is 14.3. The van der Waals surface area contributed by atoms with Gasteiger partial charge in [0, 0.05) is 32.3 Å². The number of benzene rings is 1. The summed E-state index contributed by atoms with van der Waals surface area (Å²) >= 11 is 0. The number of hydrogen-bond donors (Lipinski definition) is 1. The maximum Gasteiger partial charge on any atom is 0.219 e. The molecule has 0 aliphatic carbocycles. The standard InChI is InChI=1S/C14H19N3O3/c1-17(2)11-4-3-5-12(10-11)19-9-7-14-16-15-13(20-14)6-8-18/h3-5,10,18H,6-9H2,1-2H3. The average molecular weight is 277 g/mol. The molecule has 0 aliphatic heterocycles. The Balaban J connectivity index is 1.84. The lowest BCUT2D eigenvalue weighted by Crippen LogP contribution is -2.09. The Morgan fingerprint density at radius 1 is 1.20 bits per heavy atom. The molecule has 1 aromatic carbocycles. The first-order valence-corrected chi connectivity index (χ1v) is 6.51. The van der Waals surface area contributed by atoms with Gasteiger partial charge in [-0.2, -0.15) is 0 Å². The lowest BCUT2D eigenvalue weighted by molar-refractivity contribution is 0.278. The van der Waals surface area contributed by atoms with Gasteiger partial charge in [-0.3, -0.25) is 0 Å². The van der Waals surface area contributed by atoms with E-state index in [9.17, 15) is 0 Å². The number of ether oxygens (including phenoxy) is 1. The van der Waals surface area contributed by atoms with Gasteiger partial charge in [-0.15, -0.1) is 10.2 Å². The van der Waals surface area contributed by atoms with Crippen LogP contribution in [0.4, 0.5) is 5.69 Å². The second-order valence-electron chi connectivity index (χ2n) is 4.55. The van der Waals surface area contributed by atoms with Crippen LogP contribution in [-0.4, -0.2) is 42.6 Å². The van der Waals surface area contributed by atoms with Crippen LogP contribution in [0.15, 0.2) is 28.7 Å². The quantitative estimate of drug-likeness (QED) is 0.822. The normalized spacial score (nSPS) is 10.6. The Hall–Kier alpha value is -2.08. The summed E-state index contributed by atoms with van der Waals surface area (Å²) in [6.07, 6.45) is 0.934. The monoisotopic (exact) mass is 277 g/mol.